The van der Waals surface area contributed by atoms with E-state index in [1.807, 2.05) is 0 Å². The average molecular weight is 152 g/mol. The molecule has 4 nitrogen and oxygen atoms in total. The van der Waals surface area contributed by atoms with E-state index >= 15 is 0 Å². The van der Waals surface area contributed by atoms with Crippen LogP contribution in [-0.4, -0.2) is 20.7 Å². The van der Waals surface area contributed by atoms with Gasteiger partial charge in [0.25, 0.3) is 0 Å². The fraction of sp³-hybridized carbons (Fsp3) is 0.500. The van der Waals surface area contributed by atoms with Gasteiger partial charge in [-0.3, -0.25) is 4.57 Å². The maximum absolute atomic E-state index is 10.1. The van der Waals surface area contributed by atoms with Gasteiger partial charge in [0.1, 0.15) is 0 Å². The molecule has 0 radical (unpaired) electrons. The zero-order chi connectivity index (χ0) is 7.49. The van der Waals surface area contributed by atoms with Gasteiger partial charge in [0.2, 0.25) is 0 Å². The van der Waals surface area contributed by atoms with Gasteiger partial charge in [-0.1, -0.05) is 6.08 Å². The van der Waals surface area contributed by atoms with Crippen LogP contribution in [0.2, 0.25) is 0 Å². The van der Waals surface area contributed by atoms with Crippen LogP contribution in [0.3, 0.4) is 0 Å². The molecule has 0 aliphatic heterocycles. The van der Waals surface area contributed by atoms with Gasteiger partial charge in [-0.25, -0.2) is 0 Å². The highest BCUT2D eigenvalue weighted by molar-refractivity contribution is 7.52. The lowest BCUT2D eigenvalue weighted by molar-refractivity contribution is 0.238. The molecule has 0 aliphatic rings. The van der Waals surface area contributed by atoms with Crippen molar-refractivity contribution >= 4 is 7.60 Å². The van der Waals surface area contributed by atoms with Crippen molar-refractivity contribution in [2.24, 2.45) is 0 Å². The van der Waals surface area contributed by atoms with Crippen molar-refractivity contribution < 1.29 is 19.5 Å². The van der Waals surface area contributed by atoms with Crippen LogP contribution in [-0.2, 0) is 4.57 Å². The number of aliphatic hydroxyl groups is 1. The first-order valence-corrected chi connectivity index (χ1v) is 4.02. The molecule has 1 unspecified atom stereocenters. The van der Waals surface area contributed by atoms with Crippen molar-refractivity contribution in [2.45, 2.75) is 12.8 Å². The van der Waals surface area contributed by atoms with Gasteiger partial charge < -0.3 is 14.9 Å². The van der Waals surface area contributed by atoms with Gasteiger partial charge in [-0.05, 0) is 13.0 Å². The summed E-state index contributed by atoms with van der Waals surface area (Å²) in [6, 6.07) is 0. The fourth-order valence-corrected chi connectivity index (χ4v) is 0.681. The Hall–Kier alpha value is -0.150. The number of aliphatic hydroxyl groups excluding tert-OH is 1. The van der Waals surface area contributed by atoms with Crippen LogP contribution < -0.4 is 0 Å². The van der Waals surface area contributed by atoms with Crippen molar-refractivity contribution in [2.75, 3.05) is 0 Å². The summed E-state index contributed by atoms with van der Waals surface area (Å²) in [5.41, 5.74) is 0. The molecule has 54 valence electrons. The zero-order valence-corrected chi connectivity index (χ0v) is 5.82. The standard InChI is InChI=1S/C4H9O4P/c1-2-3-4(5)9(6,7)8/h2-5H,1H3,(H2,6,7,8). The van der Waals surface area contributed by atoms with Crippen LogP contribution in [0, 0.1) is 0 Å². The summed E-state index contributed by atoms with van der Waals surface area (Å²) in [6.07, 6.45) is 2.42. The first-order valence-electron chi connectivity index (χ1n) is 2.34. The predicted octanol–water partition coefficient (Wildman–Crippen LogP) is 0.0586. The monoisotopic (exact) mass is 152 g/mol. The van der Waals surface area contributed by atoms with Gasteiger partial charge in [0.15, 0.2) is 5.85 Å². The summed E-state index contributed by atoms with van der Waals surface area (Å²) in [6.45, 7) is 1.57. The van der Waals surface area contributed by atoms with Crippen molar-refractivity contribution in [3.05, 3.63) is 12.2 Å². The quantitative estimate of drug-likeness (QED) is 0.386. The molecule has 0 rings (SSSR count). The lowest BCUT2D eigenvalue weighted by Gasteiger charge is -2.05. The Labute approximate surface area is 53.0 Å². The topological polar surface area (TPSA) is 77.8 Å². The molecule has 3 N–H and O–H groups in total. The predicted molar refractivity (Wildman–Crippen MR) is 32.9 cm³/mol. The van der Waals surface area contributed by atoms with Crippen LogP contribution in [0.1, 0.15) is 6.92 Å². The molecule has 0 aliphatic carbocycles. The second kappa shape index (κ2) is 3.13. The van der Waals surface area contributed by atoms with E-state index in [9.17, 15) is 4.57 Å². The van der Waals surface area contributed by atoms with Crippen LogP contribution in [0.25, 0.3) is 0 Å². The maximum Gasteiger partial charge on any atom is 0.357 e. The van der Waals surface area contributed by atoms with Crippen LogP contribution in [0.5, 0.6) is 0 Å². The second-order valence-electron chi connectivity index (χ2n) is 1.53. The summed E-state index contributed by atoms with van der Waals surface area (Å²) in [4.78, 5) is 16.5. The number of hydrogen-bond acceptors (Lipinski definition) is 2. The SMILES string of the molecule is CC=CC(O)P(=O)(O)O. The Morgan fingerprint density at radius 3 is 2.11 bits per heavy atom. The third-order valence-corrected chi connectivity index (χ3v) is 1.57. The fourth-order valence-electron chi connectivity index (χ4n) is 0.284. The summed E-state index contributed by atoms with van der Waals surface area (Å²) in [5, 5.41) is 8.54. The van der Waals surface area contributed by atoms with Crippen molar-refractivity contribution in [3.63, 3.8) is 0 Å². The van der Waals surface area contributed by atoms with E-state index in [2.05, 4.69) is 0 Å². The van der Waals surface area contributed by atoms with Crippen LogP contribution in [0.4, 0.5) is 0 Å². The van der Waals surface area contributed by atoms with E-state index in [1.54, 1.807) is 6.92 Å². The molecule has 9 heavy (non-hydrogen) atoms. The smallest absolute Gasteiger partial charge is 0.357 e. The van der Waals surface area contributed by atoms with E-state index < -0.39 is 13.4 Å². The molecule has 0 aromatic heterocycles. The van der Waals surface area contributed by atoms with E-state index in [0.29, 0.717) is 0 Å². The van der Waals surface area contributed by atoms with Crippen LogP contribution >= 0.6 is 7.60 Å². The molecular formula is C4H9O4P. The minimum Gasteiger partial charge on any atom is -0.377 e. The summed E-state index contributed by atoms with van der Waals surface area (Å²) in [7, 11) is -4.30. The van der Waals surface area contributed by atoms with Crippen molar-refractivity contribution in [3.8, 4) is 0 Å². The average Bonchev–Trinajstić information content (AvgIpc) is 1.64. The van der Waals surface area contributed by atoms with Gasteiger partial charge in [-0.2, -0.15) is 0 Å². The summed E-state index contributed by atoms with van der Waals surface area (Å²) in [5.74, 6) is -1.65. The van der Waals surface area contributed by atoms with Gasteiger partial charge in [0, 0.05) is 0 Å². The number of rotatable bonds is 2. The molecule has 0 spiro atoms. The highest BCUT2D eigenvalue weighted by Gasteiger charge is 2.22. The Balaban J connectivity index is 4.05. The third-order valence-electron chi connectivity index (χ3n) is 0.709. The Kier molecular flexibility index (Phi) is 3.08. The first kappa shape index (κ1) is 8.85. The third kappa shape index (κ3) is 3.43. The molecule has 0 amide bonds. The number of hydrogen-bond donors (Lipinski definition) is 3. The van der Waals surface area contributed by atoms with E-state index in [1.165, 1.54) is 6.08 Å². The van der Waals surface area contributed by atoms with Gasteiger partial charge in [0.05, 0.1) is 0 Å². The molecule has 0 aromatic rings. The summed E-state index contributed by atoms with van der Waals surface area (Å²) >= 11 is 0. The molecule has 5 heteroatoms. The Morgan fingerprint density at radius 2 is 2.00 bits per heavy atom. The highest BCUT2D eigenvalue weighted by atomic mass is 31.2. The molecule has 0 fully saturated rings. The molecule has 0 aromatic carbocycles. The Morgan fingerprint density at radius 1 is 1.56 bits per heavy atom. The minimum absolute atomic E-state index is 1.04. The zero-order valence-electron chi connectivity index (χ0n) is 4.93. The van der Waals surface area contributed by atoms with E-state index in [0.717, 1.165) is 6.08 Å². The molecule has 0 saturated carbocycles. The van der Waals surface area contributed by atoms with Gasteiger partial charge >= 0.3 is 7.60 Å². The molecule has 0 heterocycles. The Bertz CT molecular complexity index is 147. The first-order chi connectivity index (χ1) is 3.98. The summed E-state index contributed by atoms with van der Waals surface area (Å²) < 4.78 is 10.1. The van der Waals surface area contributed by atoms with Gasteiger partial charge in [-0.15, -0.1) is 0 Å². The molecule has 0 bridgehead atoms. The van der Waals surface area contributed by atoms with Crippen LogP contribution in [0.15, 0.2) is 12.2 Å². The largest absolute Gasteiger partial charge is 0.377 e. The molecular weight excluding hydrogens is 143 g/mol. The normalized spacial score (nSPS) is 16.4. The van der Waals surface area contributed by atoms with Crippen molar-refractivity contribution in [1.82, 2.24) is 0 Å². The minimum atomic E-state index is -4.30. The number of allylic oxidation sites excluding steroid dienone is 1. The van der Waals surface area contributed by atoms with E-state index in [4.69, 9.17) is 14.9 Å². The lowest BCUT2D eigenvalue weighted by Crippen LogP contribution is -2.01. The van der Waals surface area contributed by atoms with Crippen molar-refractivity contribution in [1.29, 1.82) is 0 Å². The lowest BCUT2D eigenvalue weighted by atomic mass is 10.6. The molecule has 1 atom stereocenters. The maximum atomic E-state index is 10.1. The second-order valence-corrected chi connectivity index (χ2v) is 3.24. The highest BCUT2D eigenvalue weighted by Crippen LogP contribution is 2.39. The van der Waals surface area contributed by atoms with E-state index in [-0.39, 0.29) is 0 Å². The molecule has 0 saturated heterocycles.